The number of aryl methyl sites for hydroxylation is 1. The van der Waals surface area contributed by atoms with Gasteiger partial charge in [0.05, 0.1) is 23.0 Å². The quantitative estimate of drug-likeness (QED) is 0.426. The fourth-order valence-electron chi connectivity index (χ4n) is 4.67. The highest BCUT2D eigenvalue weighted by atomic mass is 35.5. The molecule has 192 valence electrons. The average Bonchev–Trinajstić information content (AvgIpc) is 3.27. The molecule has 0 saturated heterocycles. The second-order valence-electron chi connectivity index (χ2n) is 9.78. The van der Waals surface area contributed by atoms with Crippen molar-refractivity contribution in [2.75, 3.05) is 25.6 Å². The normalized spacial score (nSPS) is 24.6. The Hall–Kier alpha value is -2.56. The topological polar surface area (TPSA) is 135 Å². The van der Waals surface area contributed by atoms with Crippen molar-refractivity contribution in [3.63, 3.8) is 0 Å². The number of hydrogen-bond acceptors (Lipinski definition) is 6. The summed E-state index contributed by atoms with van der Waals surface area (Å²) in [6.07, 6.45) is 1.94. The molecule has 1 aromatic rings. The molecule has 3 rings (SSSR count). The lowest BCUT2D eigenvalue weighted by Gasteiger charge is -2.39. The summed E-state index contributed by atoms with van der Waals surface area (Å²) in [7, 11) is 1.55. The highest BCUT2D eigenvalue weighted by molar-refractivity contribution is 6.47. The third-order valence-corrected chi connectivity index (χ3v) is 7.33. The van der Waals surface area contributed by atoms with Crippen molar-refractivity contribution in [1.82, 2.24) is 10.6 Å². The Morgan fingerprint density at radius 2 is 1.94 bits per heavy atom. The molecule has 5 N–H and O–H groups in total. The van der Waals surface area contributed by atoms with Crippen molar-refractivity contribution in [3.05, 3.63) is 28.5 Å². The molecule has 9 nitrogen and oxygen atoms in total. The molecule has 1 aliphatic carbocycles. The number of nitrogens with two attached hydrogens (primary N) is 1. The van der Waals surface area contributed by atoms with Crippen molar-refractivity contribution < 1.29 is 23.5 Å². The van der Waals surface area contributed by atoms with Gasteiger partial charge in [0.2, 0.25) is 11.8 Å². The third-order valence-electron chi connectivity index (χ3n) is 7.02. The summed E-state index contributed by atoms with van der Waals surface area (Å²) in [5.41, 5.74) is 4.64. The molecule has 1 aliphatic heterocycles. The number of amides is 3. The summed E-state index contributed by atoms with van der Waals surface area (Å²) in [4.78, 5) is 42.8. The van der Waals surface area contributed by atoms with Crippen LogP contribution >= 0.6 is 11.6 Å². The molecular weight excluding hydrogens is 477 g/mol. The summed E-state index contributed by atoms with van der Waals surface area (Å²) in [5.74, 6) is -2.44. The van der Waals surface area contributed by atoms with Crippen molar-refractivity contribution >= 4 is 40.7 Å². The molecule has 0 bridgehead atoms. The molecule has 0 radical (unpaired) electrons. The van der Waals surface area contributed by atoms with E-state index in [4.69, 9.17) is 22.1 Å². The van der Waals surface area contributed by atoms with Gasteiger partial charge in [0.25, 0.3) is 5.91 Å². The second-order valence-corrected chi connectivity index (χ2v) is 10.2. The number of methoxy groups -OCH3 is 1. The number of carbonyl (C=O) groups is 3. The Morgan fingerprint density at radius 1 is 1.29 bits per heavy atom. The monoisotopic (exact) mass is 509 g/mol. The minimum absolute atomic E-state index is 0.0679. The Balaban J connectivity index is 1.68. The van der Waals surface area contributed by atoms with Crippen LogP contribution in [0.25, 0.3) is 0 Å². The van der Waals surface area contributed by atoms with E-state index >= 15 is 0 Å². The first-order chi connectivity index (χ1) is 16.4. The first kappa shape index (κ1) is 27.0. The van der Waals surface area contributed by atoms with Crippen LogP contribution in [-0.2, 0) is 19.1 Å². The van der Waals surface area contributed by atoms with E-state index in [1.807, 2.05) is 13.8 Å². The minimum Gasteiger partial charge on any atom is -0.377 e. The molecule has 2 aliphatic rings. The van der Waals surface area contributed by atoms with E-state index in [2.05, 4.69) is 20.9 Å². The van der Waals surface area contributed by atoms with E-state index in [1.165, 1.54) is 12.1 Å². The number of nitrogens with one attached hydrogen (secondary N) is 3. The Bertz CT molecular complexity index is 1040. The zero-order valence-electron chi connectivity index (χ0n) is 20.5. The maximum atomic E-state index is 13.7. The highest BCUT2D eigenvalue weighted by Crippen LogP contribution is 2.39. The zero-order chi connectivity index (χ0) is 26.0. The van der Waals surface area contributed by atoms with Crippen LogP contribution < -0.4 is 21.7 Å². The molecule has 1 heterocycles. The van der Waals surface area contributed by atoms with E-state index in [1.54, 1.807) is 14.0 Å². The van der Waals surface area contributed by atoms with E-state index in [0.717, 1.165) is 0 Å². The van der Waals surface area contributed by atoms with Crippen LogP contribution in [0.2, 0.25) is 5.02 Å². The molecule has 3 amide bonds. The van der Waals surface area contributed by atoms with Crippen molar-refractivity contribution in [3.8, 4) is 0 Å². The maximum Gasteiger partial charge on any atom is 0.267 e. The predicted octanol–water partition coefficient (Wildman–Crippen LogP) is 2.30. The molecule has 1 atom stereocenters. The first-order valence-corrected chi connectivity index (χ1v) is 12.0. The molecule has 1 aromatic carbocycles. The van der Waals surface area contributed by atoms with Gasteiger partial charge in [0.1, 0.15) is 17.1 Å². The van der Waals surface area contributed by atoms with Crippen LogP contribution in [0.1, 0.15) is 45.1 Å². The van der Waals surface area contributed by atoms with Crippen LogP contribution in [0.15, 0.2) is 17.1 Å². The Labute approximate surface area is 209 Å². The van der Waals surface area contributed by atoms with Gasteiger partial charge in [-0.05, 0) is 70.1 Å². The zero-order valence-corrected chi connectivity index (χ0v) is 21.2. The van der Waals surface area contributed by atoms with Gasteiger partial charge in [0, 0.05) is 19.6 Å². The van der Waals surface area contributed by atoms with Gasteiger partial charge >= 0.3 is 0 Å². The van der Waals surface area contributed by atoms with Crippen LogP contribution in [0.3, 0.4) is 0 Å². The van der Waals surface area contributed by atoms with Gasteiger partial charge in [-0.3, -0.25) is 24.7 Å². The van der Waals surface area contributed by atoms with Crippen molar-refractivity contribution in [1.29, 1.82) is 0 Å². The van der Waals surface area contributed by atoms with Gasteiger partial charge in [-0.1, -0.05) is 11.6 Å². The molecule has 1 unspecified atom stereocenters. The van der Waals surface area contributed by atoms with Gasteiger partial charge < -0.3 is 21.1 Å². The highest BCUT2D eigenvalue weighted by Gasteiger charge is 2.54. The largest absolute Gasteiger partial charge is 0.377 e. The van der Waals surface area contributed by atoms with E-state index in [-0.39, 0.29) is 41.7 Å². The first-order valence-electron chi connectivity index (χ1n) is 11.6. The van der Waals surface area contributed by atoms with Crippen LogP contribution in [0.5, 0.6) is 0 Å². The number of aliphatic imine (C=N–C) groups is 1. The molecular formula is C24H33ClFN5O4. The fourth-order valence-corrected chi connectivity index (χ4v) is 4.87. The van der Waals surface area contributed by atoms with E-state index < -0.39 is 28.8 Å². The van der Waals surface area contributed by atoms with Gasteiger partial charge in [-0.15, -0.1) is 0 Å². The lowest BCUT2D eigenvalue weighted by Crippen LogP contribution is -2.66. The number of rotatable bonds is 8. The van der Waals surface area contributed by atoms with Gasteiger partial charge in [0.15, 0.2) is 0 Å². The summed E-state index contributed by atoms with van der Waals surface area (Å²) >= 11 is 6.08. The summed E-state index contributed by atoms with van der Waals surface area (Å²) in [5, 5.41) is 8.76. The van der Waals surface area contributed by atoms with Crippen LogP contribution in [0, 0.1) is 24.6 Å². The smallest absolute Gasteiger partial charge is 0.267 e. The number of hydrogen-bond donors (Lipinski definition) is 4. The van der Waals surface area contributed by atoms with Crippen molar-refractivity contribution in [2.24, 2.45) is 22.6 Å². The predicted molar refractivity (Wildman–Crippen MR) is 132 cm³/mol. The average molecular weight is 510 g/mol. The molecule has 0 spiro atoms. The fraction of sp³-hybridized carbons (Fsp3) is 0.583. The maximum absolute atomic E-state index is 13.7. The Kier molecular flexibility index (Phi) is 8.18. The third kappa shape index (κ3) is 5.65. The van der Waals surface area contributed by atoms with Gasteiger partial charge in [-0.2, -0.15) is 0 Å². The number of nitrogens with zero attached hydrogens (tertiary/aromatic N) is 1. The molecule has 1 saturated carbocycles. The Morgan fingerprint density at radius 3 is 2.54 bits per heavy atom. The number of ether oxygens (including phenoxy) is 1. The standard InChI is InChI=1S/C24H33ClFN5O4/c1-13-9-18(16(25)10-17(13)26)31-20(32)14-5-7-15(8-6-14)24(22(27)34)19(29-12-30-24)21(33)28-11-23(2,3)35-4/h9-10,14-15,30H,5-8,11-12H2,1-4H3,(H2,27,34)(H,28,33)(H,31,32). The minimum atomic E-state index is -1.40. The summed E-state index contributed by atoms with van der Waals surface area (Å²) in [6.45, 7) is 5.58. The van der Waals surface area contributed by atoms with Crippen LogP contribution in [0.4, 0.5) is 10.1 Å². The second kappa shape index (κ2) is 10.6. The molecule has 11 heteroatoms. The number of halogens is 2. The number of carbonyl (C=O) groups excluding carboxylic acids is 3. The van der Waals surface area contributed by atoms with Crippen molar-refractivity contribution in [2.45, 2.75) is 57.6 Å². The summed E-state index contributed by atoms with van der Waals surface area (Å²) in [6, 6.07) is 2.67. The lowest BCUT2D eigenvalue weighted by molar-refractivity contribution is -0.126. The van der Waals surface area contributed by atoms with E-state index in [9.17, 15) is 18.8 Å². The molecule has 0 aromatic heterocycles. The lowest BCUT2D eigenvalue weighted by atomic mass is 9.69. The molecule has 35 heavy (non-hydrogen) atoms. The van der Waals surface area contributed by atoms with Crippen LogP contribution in [-0.4, -0.2) is 54.9 Å². The van der Waals surface area contributed by atoms with E-state index in [0.29, 0.717) is 36.9 Å². The summed E-state index contributed by atoms with van der Waals surface area (Å²) < 4.78 is 19.0. The number of primary amides is 1. The SMILES string of the molecule is COC(C)(C)CNC(=O)C1=NCNC1(C(N)=O)C1CCC(C(=O)Nc2cc(C)c(F)cc2Cl)CC1. The van der Waals surface area contributed by atoms with Gasteiger partial charge in [-0.25, -0.2) is 4.39 Å². The number of benzene rings is 1. The number of anilines is 1. The molecule has 1 fully saturated rings.